The van der Waals surface area contributed by atoms with Gasteiger partial charge in [-0.1, -0.05) is 43.2 Å². The largest absolute Gasteiger partial charge is 0.491 e. The maximum Gasteiger partial charge on any atom is 0.239 e. The van der Waals surface area contributed by atoms with Crippen LogP contribution in [0.5, 0.6) is 5.75 Å². The highest BCUT2D eigenvalue weighted by atomic mass is 19.1. The number of aryl methyl sites for hydroxylation is 1. The summed E-state index contributed by atoms with van der Waals surface area (Å²) in [5.41, 5.74) is 7.69. The van der Waals surface area contributed by atoms with Crippen molar-refractivity contribution in [1.82, 2.24) is 9.80 Å². The Morgan fingerprint density at radius 2 is 1.83 bits per heavy atom. The molecule has 0 bridgehead atoms. The lowest BCUT2D eigenvalue weighted by Crippen LogP contribution is -2.54. The van der Waals surface area contributed by atoms with Crippen molar-refractivity contribution in [1.29, 1.82) is 0 Å². The van der Waals surface area contributed by atoms with E-state index in [1.807, 2.05) is 25.2 Å². The van der Waals surface area contributed by atoms with Crippen molar-refractivity contribution < 1.29 is 18.7 Å². The highest BCUT2D eigenvalue weighted by Gasteiger charge is 2.43. The third-order valence-corrected chi connectivity index (χ3v) is 7.75. The minimum absolute atomic E-state index is 0.134. The molecule has 2 aromatic rings. The number of benzene rings is 2. The number of carbonyl (C=O) groups excluding carboxylic acids is 2. The molecule has 1 atom stereocenters. The van der Waals surface area contributed by atoms with Crippen molar-refractivity contribution >= 4 is 11.8 Å². The van der Waals surface area contributed by atoms with Crippen molar-refractivity contribution in [3.8, 4) is 5.75 Å². The summed E-state index contributed by atoms with van der Waals surface area (Å²) in [5.74, 6) is 0.594. The van der Waals surface area contributed by atoms with E-state index in [1.165, 1.54) is 17.7 Å². The van der Waals surface area contributed by atoms with Crippen LogP contribution < -0.4 is 10.5 Å². The Balaban J connectivity index is 1.39. The molecule has 2 heterocycles. The predicted octanol–water partition coefficient (Wildman–Crippen LogP) is 3.96. The number of rotatable bonds is 3. The van der Waals surface area contributed by atoms with Crippen LogP contribution in [0, 0.1) is 11.2 Å². The zero-order valence-electron chi connectivity index (χ0n) is 21.3. The normalized spacial score (nSPS) is 19.9. The molecule has 0 saturated carbocycles. The molecule has 2 amide bonds. The Morgan fingerprint density at radius 3 is 2.61 bits per heavy atom. The molecular formula is C29H38FN3O3. The minimum Gasteiger partial charge on any atom is -0.491 e. The molecular weight excluding hydrogens is 457 g/mol. The number of para-hydroxylation sites is 1. The Hall–Kier alpha value is -2.93. The van der Waals surface area contributed by atoms with E-state index in [9.17, 15) is 14.0 Å². The second-order valence-electron chi connectivity index (χ2n) is 10.3. The van der Waals surface area contributed by atoms with E-state index in [0.29, 0.717) is 51.1 Å². The Bertz CT molecular complexity index is 1050. The third-order valence-electron chi connectivity index (χ3n) is 7.75. The van der Waals surface area contributed by atoms with Crippen LogP contribution in [0.1, 0.15) is 49.7 Å². The van der Waals surface area contributed by atoms with Gasteiger partial charge in [-0.2, -0.15) is 0 Å². The summed E-state index contributed by atoms with van der Waals surface area (Å²) in [6, 6.07) is 13.6. The van der Waals surface area contributed by atoms with Crippen LogP contribution in [-0.2, 0) is 22.4 Å². The molecule has 2 aromatic carbocycles. The summed E-state index contributed by atoms with van der Waals surface area (Å²) in [4.78, 5) is 30.3. The van der Waals surface area contributed by atoms with E-state index in [-0.39, 0.29) is 17.6 Å². The zero-order valence-corrected chi connectivity index (χ0v) is 21.3. The molecule has 2 aliphatic rings. The molecule has 6 nitrogen and oxygen atoms in total. The number of nitrogens with zero attached hydrogens (tertiary/aromatic N) is 2. The molecule has 0 aromatic heterocycles. The summed E-state index contributed by atoms with van der Waals surface area (Å²) in [5, 5.41) is 0. The molecule has 2 N–H and O–H groups in total. The first-order valence-corrected chi connectivity index (χ1v) is 13.1. The van der Waals surface area contributed by atoms with Crippen LogP contribution in [0.4, 0.5) is 4.39 Å². The second-order valence-corrected chi connectivity index (χ2v) is 10.3. The first-order valence-electron chi connectivity index (χ1n) is 13.1. The lowest BCUT2D eigenvalue weighted by atomic mass is 9.73. The first kappa shape index (κ1) is 26.1. The summed E-state index contributed by atoms with van der Waals surface area (Å²) >= 11 is 0. The van der Waals surface area contributed by atoms with Gasteiger partial charge in [0, 0.05) is 20.1 Å². The maximum atomic E-state index is 13.7. The molecule has 1 spiro atoms. The van der Waals surface area contributed by atoms with Crippen LogP contribution in [-0.4, -0.2) is 60.9 Å². The van der Waals surface area contributed by atoms with Crippen LogP contribution >= 0.6 is 0 Å². The maximum absolute atomic E-state index is 13.7. The highest BCUT2D eigenvalue weighted by Crippen LogP contribution is 2.39. The van der Waals surface area contributed by atoms with Crippen LogP contribution in [0.2, 0.25) is 0 Å². The van der Waals surface area contributed by atoms with Gasteiger partial charge in [0.25, 0.3) is 0 Å². The molecule has 1 saturated heterocycles. The molecule has 194 valence electrons. The molecule has 0 aliphatic carbocycles. The summed E-state index contributed by atoms with van der Waals surface area (Å²) < 4.78 is 19.6. The van der Waals surface area contributed by atoms with Crippen molar-refractivity contribution in [2.24, 2.45) is 11.1 Å². The van der Waals surface area contributed by atoms with Crippen LogP contribution in [0.25, 0.3) is 0 Å². The van der Waals surface area contributed by atoms with Gasteiger partial charge in [-0.3, -0.25) is 9.59 Å². The zero-order chi connectivity index (χ0) is 25.5. The summed E-state index contributed by atoms with van der Waals surface area (Å²) in [6.07, 6.45) is 6.45. The van der Waals surface area contributed by atoms with Crippen LogP contribution in [0.15, 0.2) is 48.5 Å². The number of halogens is 1. The van der Waals surface area contributed by atoms with Gasteiger partial charge in [-0.15, -0.1) is 0 Å². The average Bonchev–Trinajstić information content (AvgIpc) is 2.89. The predicted molar refractivity (Wildman–Crippen MR) is 138 cm³/mol. The lowest BCUT2D eigenvalue weighted by Gasteiger charge is -2.43. The monoisotopic (exact) mass is 495 g/mol. The Kier molecular flexibility index (Phi) is 8.62. The van der Waals surface area contributed by atoms with Crippen molar-refractivity contribution in [2.75, 3.05) is 33.3 Å². The fourth-order valence-electron chi connectivity index (χ4n) is 5.57. The fourth-order valence-corrected chi connectivity index (χ4v) is 5.57. The van der Waals surface area contributed by atoms with E-state index >= 15 is 0 Å². The average molecular weight is 496 g/mol. The smallest absolute Gasteiger partial charge is 0.239 e. The first-order chi connectivity index (χ1) is 17.4. The quantitative estimate of drug-likeness (QED) is 0.700. The summed E-state index contributed by atoms with van der Waals surface area (Å²) in [7, 11) is 1.85. The Morgan fingerprint density at radius 1 is 1.06 bits per heavy atom. The van der Waals surface area contributed by atoms with Gasteiger partial charge in [0.15, 0.2) is 0 Å². The molecule has 0 radical (unpaired) electrons. The van der Waals surface area contributed by atoms with Crippen molar-refractivity contribution in [2.45, 2.75) is 57.4 Å². The van der Waals surface area contributed by atoms with Gasteiger partial charge in [-0.05, 0) is 67.9 Å². The van der Waals surface area contributed by atoms with Gasteiger partial charge in [0.1, 0.15) is 18.2 Å². The van der Waals surface area contributed by atoms with E-state index in [2.05, 4.69) is 6.07 Å². The van der Waals surface area contributed by atoms with Gasteiger partial charge < -0.3 is 20.3 Å². The number of hydrogen-bond donors (Lipinski definition) is 1. The van der Waals surface area contributed by atoms with E-state index in [4.69, 9.17) is 10.5 Å². The van der Waals surface area contributed by atoms with Crippen LogP contribution in [0.3, 0.4) is 0 Å². The second kappa shape index (κ2) is 11.9. The van der Waals surface area contributed by atoms with Crippen molar-refractivity contribution in [3.05, 3.63) is 65.5 Å². The molecule has 7 heteroatoms. The Labute approximate surface area is 213 Å². The SMILES string of the molecule is CN1CCOc2ccccc2CCCCCC2(CCN(C(=O)[C@@H](N)Cc3cccc(F)c3)CC2)C1=O. The number of likely N-dealkylation sites (N-methyl/N-ethyl adjacent to an activating group) is 1. The third kappa shape index (κ3) is 6.25. The summed E-state index contributed by atoms with van der Waals surface area (Å²) in [6.45, 7) is 2.00. The minimum atomic E-state index is -0.724. The molecule has 0 unspecified atom stereocenters. The number of fused-ring (bicyclic) bond motifs is 1. The number of piperidine rings is 1. The lowest BCUT2D eigenvalue weighted by molar-refractivity contribution is -0.148. The molecule has 4 rings (SSSR count). The van der Waals surface area contributed by atoms with Gasteiger partial charge >= 0.3 is 0 Å². The number of nitrogens with two attached hydrogens (primary N) is 1. The van der Waals surface area contributed by atoms with E-state index in [0.717, 1.165) is 37.9 Å². The van der Waals surface area contributed by atoms with Gasteiger partial charge in [-0.25, -0.2) is 4.39 Å². The highest BCUT2D eigenvalue weighted by molar-refractivity contribution is 5.84. The number of likely N-dealkylation sites (tertiary alicyclic amines) is 1. The molecule has 2 aliphatic heterocycles. The molecule has 36 heavy (non-hydrogen) atoms. The number of amides is 2. The van der Waals surface area contributed by atoms with Gasteiger partial charge in [0.2, 0.25) is 11.8 Å². The topological polar surface area (TPSA) is 75.9 Å². The van der Waals surface area contributed by atoms with Gasteiger partial charge in [0.05, 0.1) is 18.0 Å². The number of hydrogen-bond acceptors (Lipinski definition) is 4. The standard InChI is InChI=1S/C29H38FN3O3/c1-32-18-19-36-26-12-5-4-10-23(26)9-3-2-6-13-29(28(32)35)14-16-33(17-15-29)27(34)25(31)21-22-8-7-11-24(30)20-22/h4-5,7-8,10-12,20,25H,2-3,6,9,13-19,21,31H2,1H3/t25-/m0/s1. The number of ether oxygens (including phenoxy) is 1. The van der Waals surface area contributed by atoms with E-state index < -0.39 is 11.5 Å². The number of carbonyl (C=O) groups is 2. The van der Waals surface area contributed by atoms with Crippen molar-refractivity contribution in [3.63, 3.8) is 0 Å². The molecule has 1 fully saturated rings. The van der Waals surface area contributed by atoms with E-state index in [1.54, 1.807) is 21.9 Å². The fraction of sp³-hybridized carbons (Fsp3) is 0.517.